The third kappa shape index (κ3) is 2.85. The van der Waals surface area contributed by atoms with Gasteiger partial charge in [0.1, 0.15) is 22.8 Å². The predicted octanol–water partition coefficient (Wildman–Crippen LogP) is 0.351. The van der Waals surface area contributed by atoms with Crippen molar-refractivity contribution >= 4 is 28.9 Å². The minimum absolute atomic E-state index is 0.000815. The Hall–Kier alpha value is -3.37. The van der Waals surface area contributed by atoms with Gasteiger partial charge < -0.3 is 36.8 Å². The number of ketones is 2. The van der Waals surface area contributed by atoms with Crippen molar-refractivity contribution in [1.29, 1.82) is 0 Å². The molecule has 34 heavy (non-hydrogen) atoms. The topological polar surface area (TPSA) is 187 Å². The summed E-state index contributed by atoms with van der Waals surface area (Å²) in [5, 5.41) is 43.8. The Labute approximate surface area is 195 Å². The molecule has 1 saturated carbocycles. The Morgan fingerprint density at radius 1 is 1.09 bits per heavy atom. The Bertz CT molecular complexity index is 1200. The summed E-state index contributed by atoms with van der Waals surface area (Å²) in [4.78, 5) is 40.2. The van der Waals surface area contributed by atoms with Crippen molar-refractivity contribution in [3.05, 3.63) is 40.2 Å². The first-order chi connectivity index (χ1) is 16.1. The highest BCUT2D eigenvalue weighted by atomic mass is 16.3. The molecule has 0 radical (unpaired) electrons. The van der Waals surface area contributed by atoms with Gasteiger partial charge in [0.05, 0.1) is 11.6 Å². The maximum Gasteiger partial charge on any atom is 0.255 e. The van der Waals surface area contributed by atoms with Gasteiger partial charge in [-0.1, -0.05) is 0 Å². The second-order valence-electron chi connectivity index (χ2n) is 9.58. The van der Waals surface area contributed by atoms with Crippen LogP contribution in [0.3, 0.4) is 0 Å². The van der Waals surface area contributed by atoms with Crippen LogP contribution in [0.25, 0.3) is 5.76 Å². The van der Waals surface area contributed by atoms with Crippen molar-refractivity contribution in [2.45, 2.75) is 43.7 Å². The van der Waals surface area contributed by atoms with E-state index in [4.69, 9.17) is 11.5 Å². The maximum atomic E-state index is 13.6. The van der Waals surface area contributed by atoms with Gasteiger partial charge in [0.15, 0.2) is 11.4 Å². The highest BCUT2D eigenvalue weighted by Crippen LogP contribution is 2.53. The number of nitrogens with zero attached hydrogens (tertiary/aromatic N) is 1. The van der Waals surface area contributed by atoms with Gasteiger partial charge in [-0.3, -0.25) is 14.4 Å². The molecular weight excluding hydrogens is 442 g/mol. The number of benzene rings is 1. The van der Waals surface area contributed by atoms with E-state index in [0.717, 1.165) is 38.0 Å². The largest absolute Gasteiger partial charge is 0.508 e. The van der Waals surface area contributed by atoms with Crippen LogP contribution in [0.15, 0.2) is 29.0 Å². The molecule has 4 unspecified atom stereocenters. The predicted molar refractivity (Wildman–Crippen MR) is 121 cm³/mol. The van der Waals surface area contributed by atoms with Crippen molar-refractivity contribution in [2.24, 2.45) is 23.3 Å². The molecule has 5 rings (SSSR count). The number of fused-ring (bicyclic) bond motifs is 3. The van der Waals surface area contributed by atoms with Gasteiger partial charge in [0.2, 0.25) is 5.78 Å². The minimum Gasteiger partial charge on any atom is -0.508 e. The Morgan fingerprint density at radius 3 is 2.41 bits per heavy atom. The number of amides is 1. The van der Waals surface area contributed by atoms with Crippen molar-refractivity contribution in [3.8, 4) is 5.75 Å². The standard InChI is InChI=1S/C24H27N3O7/c25-18-12-9-10-8-11-13(27-6-2-1-3-7-27)4-5-14(28)16(11)19(29)15(10)21(31)24(12,34)22(32)17(20(18)30)23(26)33/h4-5,10,12,18,28-29,32,34H,1-3,6-9,25H2,(H2,26,33). The molecule has 180 valence electrons. The summed E-state index contributed by atoms with van der Waals surface area (Å²) in [5.74, 6) is -6.97. The van der Waals surface area contributed by atoms with Gasteiger partial charge in [-0.25, -0.2) is 0 Å². The number of primary amides is 1. The van der Waals surface area contributed by atoms with Crippen LogP contribution in [0.4, 0.5) is 5.69 Å². The van der Waals surface area contributed by atoms with E-state index in [1.54, 1.807) is 6.07 Å². The van der Waals surface area contributed by atoms with Gasteiger partial charge in [-0.15, -0.1) is 0 Å². The Balaban J connectivity index is 1.68. The van der Waals surface area contributed by atoms with Crippen molar-refractivity contribution in [2.75, 3.05) is 18.0 Å². The van der Waals surface area contributed by atoms with Crippen molar-refractivity contribution in [3.63, 3.8) is 0 Å². The number of carbonyl (C=O) groups excluding carboxylic acids is 3. The molecule has 0 spiro atoms. The molecule has 1 aliphatic heterocycles. The van der Waals surface area contributed by atoms with Gasteiger partial charge in [0, 0.05) is 30.3 Å². The van der Waals surface area contributed by atoms with E-state index in [-0.39, 0.29) is 29.7 Å². The highest BCUT2D eigenvalue weighted by Gasteiger charge is 2.63. The van der Waals surface area contributed by atoms with E-state index < -0.39 is 58.0 Å². The highest BCUT2D eigenvalue weighted by molar-refractivity contribution is 6.24. The molecule has 1 saturated heterocycles. The lowest BCUT2D eigenvalue weighted by atomic mass is 9.58. The third-order valence-electron chi connectivity index (χ3n) is 7.81. The average molecular weight is 469 g/mol. The normalized spacial score (nSPS) is 31.2. The summed E-state index contributed by atoms with van der Waals surface area (Å²) in [6.07, 6.45) is 3.43. The number of hydrogen-bond acceptors (Lipinski definition) is 9. The van der Waals surface area contributed by atoms with Crippen LogP contribution in [0.5, 0.6) is 5.75 Å². The number of piperidine rings is 1. The molecule has 10 nitrogen and oxygen atoms in total. The number of aliphatic hydroxyl groups is 3. The first kappa shape index (κ1) is 22.4. The van der Waals surface area contributed by atoms with Crippen LogP contribution in [-0.4, -0.2) is 62.6 Å². The SMILES string of the molecule is NC(=O)C1=C(O)C2(O)C(=O)C3=C(O)c4c(O)ccc(N5CCCCC5)c4CC3CC2C(N)C1=O. The monoisotopic (exact) mass is 469 g/mol. The number of aromatic hydroxyl groups is 1. The van der Waals surface area contributed by atoms with E-state index in [1.807, 2.05) is 0 Å². The summed E-state index contributed by atoms with van der Waals surface area (Å²) in [6.45, 7) is 1.66. The molecule has 0 bridgehead atoms. The number of phenolic OH excluding ortho intramolecular Hbond substituents is 1. The molecule has 4 atom stereocenters. The molecule has 0 aromatic heterocycles. The summed E-state index contributed by atoms with van der Waals surface area (Å²) < 4.78 is 0. The number of Topliss-reactive ketones (excluding diaryl/α,β-unsaturated/α-hetero) is 2. The average Bonchev–Trinajstić information content (AvgIpc) is 2.80. The number of carbonyl (C=O) groups is 3. The fraction of sp³-hybridized carbons (Fsp3) is 0.458. The van der Waals surface area contributed by atoms with E-state index in [0.29, 0.717) is 5.56 Å². The second-order valence-corrected chi connectivity index (χ2v) is 9.58. The van der Waals surface area contributed by atoms with Crippen molar-refractivity contribution < 1.29 is 34.8 Å². The van der Waals surface area contributed by atoms with E-state index >= 15 is 0 Å². The van der Waals surface area contributed by atoms with Gasteiger partial charge in [-0.05, 0) is 55.7 Å². The van der Waals surface area contributed by atoms with E-state index in [9.17, 15) is 34.8 Å². The molecule has 1 amide bonds. The molecule has 1 aromatic carbocycles. The molecule has 8 N–H and O–H groups in total. The lowest BCUT2D eigenvalue weighted by Crippen LogP contribution is -2.65. The van der Waals surface area contributed by atoms with E-state index in [2.05, 4.69) is 4.90 Å². The summed E-state index contributed by atoms with van der Waals surface area (Å²) >= 11 is 0. The second kappa shape index (κ2) is 7.57. The van der Waals surface area contributed by atoms with Crippen LogP contribution in [-0.2, 0) is 20.8 Å². The van der Waals surface area contributed by atoms with Crippen LogP contribution >= 0.6 is 0 Å². The Morgan fingerprint density at radius 2 is 1.76 bits per heavy atom. The first-order valence-corrected chi connectivity index (χ1v) is 11.4. The number of nitrogens with two attached hydrogens (primary N) is 2. The number of aliphatic hydroxyl groups excluding tert-OH is 2. The van der Waals surface area contributed by atoms with Crippen molar-refractivity contribution in [1.82, 2.24) is 0 Å². The zero-order valence-corrected chi connectivity index (χ0v) is 18.5. The molecule has 4 aliphatic rings. The lowest BCUT2D eigenvalue weighted by molar-refractivity contribution is -0.149. The van der Waals surface area contributed by atoms with Gasteiger partial charge in [-0.2, -0.15) is 0 Å². The Kier molecular flexibility index (Phi) is 4.99. The summed E-state index contributed by atoms with van der Waals surface area (Å²) in [5.41, 5.74) is 9.14. The maximum absolute atomic E-state index is 13.6. The quantitative estimate of drug-likeness (QED) is 0.332. The fourth-order valence-corrected chi connectivity index (χ4v) is 6.13. The van der Waals surface area contributed by atoms with Crippen LogP contribution < -0.4 is 16.4 Å². The summed E-state index contributed by atoms with van der Waals surface area (Å²) in [7, 11) is 0. The lowest BCUT2D eigenvalue weighted by Gasteiger charge is -2.48. The molecule has 10 heteroatoms. The smallest absolute Gasteiger partial charge is 0.255 e. The molecule has 3 aliphatic carbocycles. The number of phenols is 1. The molecule has 2 fully saturated rings. The van der Waals surface area contributed by atoms with Crippen LogP contribution in [0.1, 0.15) is 36.8 Å². The van der Waals surface area contributed by atoms with Crippen LogP contribution in [0.2, 0.25) is 0 Å². The fourth-order valence-electron chi connectivity index (χ4n) is 6.13. The minimum atomic E-state index is -2.69. The van der Waals surface area contributed by atoms with Gasteiger partial charge in [0.25, 0.3) is 5.91 Å². The number of anilines is 1. The third-order valence-corrected chi connectivity index (χ3v) is 7.81. The molecular formula is C24H27N3O7. The number of rotatable bonds is 2. The summed E-state index contributed by atoms with van der Waals surface area (Å²) in [6, 6.07) is 1.81. The van der Waals surface area contributed by atoms with E-state index in [1.165, 1.54) is 6.07 Å². The van der Waals surface area contributed by atoms with Crippen LogP contribution in [0, 0.1) is 11.8 Å². The zero-order chi connectivity index (χ0) is 24.5. The molecule has 1 heterocycles. The van der Waals surface area contributed by atoms with Gasteiger partial charge >= 0.3 is 0 Å². The molecule has 1 aromatic rings. The zero-order valence-electron chi connectivity index (χ0n) is 18.5. The first-order valence-electron chi connectivity index (χ1n) is 11.4. The number of hydrogen-bond donors (Lipinski definition) is 6.